The third kappa shape index (κ3) is 6.07. The zero-order valence-electron chi connectivity index (χ0n) is 27.0. The lowest BCUT2D eigenvalue weighted by molar-refractivity contribution is -0.385. The van der Waals surface area contributed by atoms with Gasteiger partial charge in [-0.25, -0.2) is 9.18 Å². The first-order valence-corrected chi connectivity index (χ1v) is 16.5. The van der Waals surface area contributed by atoms with Crippen LogP contribution in [0.15, 0.2) is 78.9 Å². The van der Waals surface area contributed by atoms with Gasteiger partial charge in [0.25, 0.3) is 5.69 Å². The van der Waals surface area contributed by atoms with E-state index in [-0.39, 0.29) is 40.5 Å². The Morgan fingerprint density at radius 3 is 2.62 bits per heavy atom. The van der Waals surface area contributed by atoms with Crippen LogP contribution in [-0.2, 0) is 28.2 Å². The number of esters is 1. The topological polar surface area (TPSA) is 143 Å². The van der Waals surface area contributed by atoms with Gasteiger partial charge in [-0.1, -0.05) is 53.5 Å². The quantitative estimate of drug-likeness (QED) is 0.0938. The van der Waals surface area contributed by atoms with Crippen molar-refractivity contribution in [3.05, 3.63) is 133 Å². The Kier molecular flexibility index (Phi) is 10.1. The smallest absolute Gasteiger partial charge is 0.337 e. The molecule has 0 aromatic heterocycles. The maximum absolute atomic E-state index is 16.3. The van der Waals surface area contributed by atoms with Crippen LogP contribution in [0.2, 0.25) is 10.0 Å². The Morgan fingerprint density at radius 1 is 1.12 bits per heavy atom. The lowest BCUT2D eigenvalue weighted by Crippen LogP contribution is -2.52. The summed E-state index contributed by atoms with van der Waals surface area (Å²) in [4.78, 5) is 40.4. The largest absolute Gasteiger partial charge is 0.494 e. The maximum atomic E-state index is 16.3. The van der Waals surface area contributed by atoms with Crippen molar-refractivity contribution in [3.63, 3.8) is 0 Å². The van der Waals surface area contributed by atoms with E-state index in [0.29, 0.717) is 28.6 Å². The SMILES string of the molecule is CCOc1cccc(CN2[C@@H](CO)[C@@H](NCc3cc(C(=O)OC)ccc3[N+](=O)[O-])[C@H](c3cccc(Cl)c3F)[C@]23C(=O)Nc2cc(Cl)ccc23)c1. The van der Waals surface area contributed by atoms with Crippen LogP contribution in [-0.4, -0.2) is 59.2 Å². The zero-order valence-corrected chi connectivity index (χ0v) is 28.5. The van der Waals surface area contributed by atoms with Crippen molar-refractivity contribution < 1.29 is 33.5 Å². The summed E-state index contributed by atoms with van der Waals surface area (Å²) in [5.41, 5.74) is 0.0713. The van der Waals surface area contributed by atoms with Gasteiger partial charge in [0.05, 0.1) is 41.9 Å². The molecule has 3 N–H and O–H groups in total. The molecule has 2 aliphatic heterocycles. The molecule has 4 aromatic rings. The molecule has 14 heteroatoms. The van der Waals surface area contributed by atoms with Crippen LogP contribution < -0.4 is 15.4 Å². The minimum atomic E-state index is -1.64. The number of hydrogen-bond acceptors (Lipinski definition) is 9. The number of amides is 1. The van der Waals surface area contributed by atoms with Crippen LogP contribution in [0, 0.1) is 15.9 Å². The minimum absolute atomic E-state index is 0.0886. The fourth-order valence-corrected chi connectivity index (χ4v) is 7.72. The predicted octanol–water partition coefficient (Wildman–Crippen LogP) is 6.19. The number of nitrogens with one attached hydrogen (secondary N) is 2. The maximum Gasteiger partial charge on any atom is 0.337 e. The number of anilines is 1. The van der Waals surface area contributed by atoms with E-state index in [1.165, 1.54) is 37.4 Å². The molecular weight excluding hydrogens is 690 g/mol. The van der Waals surface area contributed by atoms with Crippen LogP contribution in [0.3, 0.4) is 0 Å². The fraction of sp³-hybridized carbons (Fsp3) is 0.278. The Morgan fingerprint density at radius 2 is 1.90 bits per heavy atom. The van der Waals surface area contributed by atoms with Gasteiger partial charge in [-0.2, -0.15) is 0 Å². The number of halogens is 3. The molecule has 0 bridgehead atoms. The molecule has 0 radical (unpaired) electrons. The highest BCUT2D eigenvalue weighted by molar-refractivity contribution is 6.31. The van der Waals surface area contributed by atoms with Gasteiger partial charge >= 0.3 is 5.97 Å². The van der Waals surface area contributed by atoms with Crippen LogP contribution in [0.1, 0.15) is 45.5 Å². The van der Waals surface area contributed by atoms with Gasteiger partial charge < -0.3 is 25.2 Å². The summed E-state index contributed by atoms with van der Waals surface area (Å²) in [5.74, 6) is -2.38. The van der Waals surface area contributed by atoms with E-state index in [2.05, 4.69) is 10.6 Å². The molecule has 50 heavy (non-hydrogen) atoms. The molecule has 0 saturated carbocycles. The average Bonchev–Trinajstić information content (AvgIpc) is 3.54. The second-order valence-electron chi connectivity index (χ2n) is 12.0. The van der Waals surface area contributed by atoms with E-state index in [0.717, 1.165) is 5.56 Å². The minimum Gasteiger partial charge on any atom is -0.494 e. The van der Waals surface area contributed by atoms with Gasteiger partial charge in [0.1, 0.15) is 17.1 Å². The highest BCUT2D eigenvalue weighted by Gasteiger charge is 2.67. The summed E-state index contributed by atoms with van der Waals surface area (Å²) in [5, 5.41) is 29.7. The molecule has 2 heterocycles. The standard InChI is InChI=1S/C36H33Cl2FN4O7/c1-3-50-24-7-4-6-20(14-24)18-42-30(19-44)33(40-17-22-15-21(34(45)49-2)10-13-29(22)43(47)48)31(25-8-5-9-27(38)32(25)39)36(42)26-12-11-23(37)16-28(26)41-35(36)46/h4-16,30-31,33,40,44H,3,17-19H2,1-2H3,(H,41,46)/t30-,31-,33+,36+/m0/s1. The molecule has 1 fully saturated rings. The van der Waals surface area contributed by atoms with Crippen molar-refractivity contribution in [2.75, 3.05) is 25.6 Å². The number of benzene rings is 4. The van der Waals surface area contributed by atoms with E-state index in [9.17, 15) is 24.8 Å². The second kappa shape index (κ2) is 14.3. The summed E-state index contributed by atoms with van der Waals surface area (Å²) >= 11 is 12.7. The van der Waals surface area contributed by atoms with Gasteiger partial charge in [-0.05, 0) is 60.5 Å². The van der Waals surface area contributed by atoms with E-state index in [1.54, 1.807) is 30.3 Å². The third-order valence-electron chi connectivity index (χ3n) is 9.36. The van der Waals surface area contributed by atoms with E-state index in [1.807, 2.05) is 30.0 Å². The number of aliphatic hydroxyl groups excluding tert-OH is 1. The number of rotatable bonds is 11. The van der Waals surface area contributed by atoms with Crippen molar-refractivity contribution in [2.45, 2.75) is 43.6 Å². The van der Waals surface area contributed by atoms with Gasteiger partial charge in [-0.15, -0.1) is 0 Å². The molecule has 1 saturated heterocycles. The normalized spacial score (nSPS) is 21.2. The van der Waals surface area contributed by atoms with Gasteiger partial charge in [0.15, 0.2) is 0 Å². The third-order valence-corrected chi connectivity index (χ3v) is 9.88. The molecule has 0 unspecified atom stereocenters. The predicted molar refractivity (Wildman–Crippen MR) is 185 cm³/mol. The molecule has 1 amide bonds. The van der Waals surface area contributed by atoms with E-state index in [4.69, 9.17) is 32.7 Å². The number of hydrogen-bond donors (Lipinski definition) is 3. The zero-order chi connectivity index (χ0) is 35.7. The first kappa shape index (κ1) is 35.2. The van der Waals surface area contributed by atoms with Crippen molar-refractivity contribution in [2.24, 2.45) is 0 Å². The Hall–Kier alpha value is -4.59. The monoisotopic (exact) mass is 722 g/mol. The first-order chi connectivity index (χ1) is 24.0. The Balaban J connectivity index is 1.57. The number of ether oxygens (including phenoxy) is 2. The van der Waals surface area contributed by atoms with Crippen molar-refractivity contribution in [3.8, 4) is 5.75 Å². The lowest BCUT2D eigenvalue weighted by Gasteiger charge is -2.39. The van der Waals surface area contributed by atoms with E-state index >= 15 is 4.39 Å². The number of likely N-dealkylation sites (tertiary alicyclic amines) is 1. The van der Waals surface area contributed by atoms with Crippen LogP contribution >= 0.6 is 23.2 Å². The van der Waals surface area contributed by atoms with Gasteiger partial charge in [0.2, 0.25) is 5.91 Å². The molecular formula is C36H33Cl2FN4O7. The Labute approximate surface area is 297 Å². The summed E-state index contributed by atoms with van der Waals surface area (Å²) in [6.07, 6.45) is 0. The van der Waals surface area contributed by atoms with Crippen molar-refractivity contribution >= 4 is 46.5 Å². The number of methoxy groups -OCH3 is 1. The number of aliphatic hydroxyl groups is 1. The number of nitrogens with zero attached hydrogens (tertiary/aromatic N) is 2. The first-order valence-electron chi connectivity index (χ1n) is 15.8. The van der Waals surface area contributed by atoms with E-state index < -0.39 is 52.8 Å². The summed E-state index contributed by atoms with van der Waals surface area (Å²) in [7, 11) is 1.20. The van der Waals surface area contributed by atoms with Crippen LogP contribution in [0.25, 0.3) is 0 Å². The fourth-order valence-electron chi connectivity index (χ4n) is 7.36. The molecule has 2 aliphatic rings. The number of nitro groups is 1. The van der Waals surface area contributed by atoms with Gasteiger partial charge in [-0.3, -0.25) is 19.8 Å². The summed E-state index contributed by atoms with van der Waals surface area (Å²) in [6.45, 7) is 1.71. The number of carbonyl (C=O) groups excluding carboxylic acids is 2. The molecule has 11 nitrogen and oxygen atoms in total. The van der Waals surface area contributed by atoms with Crippen LogP contribution in [0.4, 0.5) is 15.8 Å². The summed E-state index contributed by atoms with van der Waals surface area (Å²) in [6, 6.07) is 18.8. The molecule has 0 aliphatic carbocycles. The Bertz CT molecular complexity index is 1980. The van der Waals surface area contributed by atoms with Crippen LogP contribution in [0.5, 0.6) is 5.75 Å². The average molecular weight is 724 g/mol. The van der Waals surface area contributed by atoms with Crippen molar-refractivity contribution in [1.29, 1.82) is 0 Å². The molecule has 4 aromatic carbocycles. The number of carbonyl (C=O) groups is 2. The molecule has 6 rings (SSSR count). The van der Waals surface area contributed by atoms with Crippen molar-refractivity contribution in [1.82, 2.24) is 10.2 Å². The highest BCUT2D eigenvalue weighted by atomic mass is 35.5. The van der Waals surface area contributed by atoms with Gasteiger partial charge in [0, 0.05) is 53.0 Å². The number of fused-ring (bicyclic) bond motifs is 2. The highest BCUT2D eigenvalue weighted by Crippen LogP contribution is 2.58. The molecule has 4 atom stereocenters. The lowest BCUT2D eigenvalue weighted by atomic mass is 9.73. The summed E-state index contributed by atoms with van der Waals surface area (Å²) < 4.78 is 26.9. The second-order valence-corrected chi connectivity index (χ2v) is 12.8. The molecule has 1 spiro atoms. The number of nitro benzene ring substituents is 1. The molecule has 260 valence electrons.